The molecule has 0 heterocycles. The summed E-state index contributed by atoms with van der Waals surface area (Å²) >= 11 is 0. The van der Waals surface area contributed by atoms with Crippen LogP contribution in [0.1, 0.15) is 44.9 Å². The standard InChI is InChI=1S/C18H28N2O5/c1-20(2)15(22)9-19-14(21)10-25-16(23)8-17-4-12-3-13(5-17)7-18(24,6-12)11-17/h12-13,24H,3-11H2,1-2H3,(H,19,21)/t12-,13+,17?,18?. The maximum atomic E-state index is 12.2. The van der Waals surface area contributed by atoms with Gasteiger partial charge in [0.05, 0.1) is 18.6 Å². The summed E-state index contributed by atoms with van der Waals surface area (Å²) in [6.07, 6.45) is 5.79. The maximum absolute atomic E-state index is 12.2. The van der Waals surface area contributed by atoms with Gasteiger partial charge < -0.3 is 20.1 Å². The zero-order valence-electron chi connectivity index (χ0n) is 15.0. The molecule has 0 aromatic heterocycles. The lowest BCUT2D eigenvalue weighted by molar-refractivity contribution is -0.177. The molecule has 0 aromatic carbocycles. The van der Waals surface area contributed by atoms with Crippen LogP contribution in [0.2, 0.25) is 0 Å². The second-order valence-corrected chi connectivity index (χ2v) is 8.59. The van der Waals surface area contributed by atoms with Crippen molar-refractivity contribution in [1.29, 1.82) is 0 Å². The average Bonchev–Trinajstić information content (AvgIpc) is 2.47. The Hall–Kier alpha value is -1.63. The molecule has 140 valence electrons. The van der Waals surface area contributed by atoms with Crippen molar-refractivity contribution in [3.05, 3.63) is 0 Å². The van der Waals surface area contributed by atoms with Crippen LogP contribution in [0, 0.1) is 17.3 Å². The Morgan fingerprint density at radius 1 is 1.16 bits per heavy atom. The van der Waals surface area contributed by atoms with Crippen molar-refractivity contribution < 1.29 is 24.2 Å². The minimum atomic E-state index is -0.603. The van der Waals surface area contributed by atoms with Crippen LogP contribution in [-0.2, 0) is 19.1 Å². The second-order valence-electron chi connectivity index (χ2n) is 8.59. The largest absolute Gasteiger partial charge is 0.456 e. The number of rotatable bonds is 6. The first-order valence-corrected chi connectivity index (χ1v) is 9.04. The van der Waals surface area contributed by atoms with Crippen molar-refractivity contribution in [2.45, 2.75) is 50.5 Å². The van der Waals surface area contributed by atoms with E-state index in [4.69, 9.17) is 4.74 Å². The van der Waals surface area contributed by atoms with E-state index in [1.54, 1.807) is 14.1 Å². The van der Waals surface area contributed by atoms with E-state index < -0.39 is 11.5 Å². The summed E-state index contributed by atoms with van der Waals surface area (Å²) in [6.45, 7) is -0.476. The van der Waals surface area contributed by atoms with Crippen molar-refractivity contribution >= 4 is 17.8 Å². The van der Waals surface area contributed by atoms with Crippen molar-refractivity contribution in [2.24, 2.45) is 17.3 Å². The molecule has 0 spiro atoms. The molecular weight excluding hydrogens is 324 g/mol. The molecule has 7 heteroatoms. The fourth-order valence-electron chi connectivity index (χ4n) is 5.50. The van der Waals surface area contributed by atoms with Gasteiger partial charge in [-0.1, -0.05) is 0 Å². The highest BCUT2D eigenvalue weighted by Gasteiger charge is 2.57. The van der Waals surface area contributed by atoms with Crippen LogP contribution in [0.3, 0.4) is 0 Å². The summed E-state index contributed by atoms with van der Waals surface area (Å²) in [5.74, 6) is -0.0624. The molecule has 2 unspecified atom stereocenters. The third-order valence-corrected chi connectivity index (χ3v) is 5.97. The predicted molar refractivity (Wildman–Crippen MR) is 89.3 cm³/mol. The summed E-state index contributed by atoms with van der Waals surface area (Å²) in [7, 11) is 3.21. The molecule has 4 aliphatic carbocycles. The number of nitrogens with one attached hydrogen (secondary N) is 1. The number of nitrogens with zero attached hydrogens (tertiary/aromatic N) is 1. The van der Waals surface area contributed by atoms with E-state index in [2.05, 4.69) is 5.32 Å². The summed E-state index contributed by atoms with van der Waals surface area (Å²) in [5, 5.41) is 13.2. The third-order valence-electron chi connectivity index (χ3n) is 5.97. The van der Waals surface area contributed by atoms with Gasteiger partial charge in [-0.2, -0.15) is 0 Å². The Balaban J connectivity index is 1.45. The first-order chi connectivity index (χ1) is 11.7. The zero-order chi connectivity index (χ0) is 18.2. The van der Waals surface area contributed by atoms with Gasteiger partial charge in [-0.05, 0) is 55.8 Å². The fourth-order valence-corrected chi connectivity index (χ4v) is 5.50. The van der Waals surface area contributed by atoms with Crippen LogP contribution in [0.5, 0.6) is 0 Å². The molecule has 4 rings (SSSR count). The Kier molecular flexibility index (Phi) is 4.79. The third kappa shape index (κ3) is 4.14. The smallest absolute Gasteiger partial charge is 0.306 e. The molecule has 0 saturated heterocycles. The summed E-state index contributed by atoms with van der Waals surface area (Å²) in [6, 6.07) is 0. The molecule has 2 N–H and O–H groups in total. The summed E-state index contributed by atoms with van der Waals surface area (Å²) in [5.41, 5.74) is -0.762. The normalized spacial score (nSPS) is 35.3. The molecule has 25 heavy (non-hydrogen) atoms. The predicted octanol–water partition coefficient (Wildman–Crippen LogP) is 0.455. The molecule has 4 aliphatic rings. The molecule has 0 aromatic rings. The summed E-state index contributed by atoms with van der Waals surface area (Å²) < 4.78 is 5.11. The van der Waals surface area contributed by atoms with E-state index >= 15 is 0 Å². The number of aliphatic hydroxyl groups is 1. The highest BCUT2D eigenvalue weighted by atomic mass is 16.5. The number of amides is 2. The zero-order valence-corrected chi connectivity index (χ0v) is 15.0. The van der Waals surface area contributed by atoms with Gasteiger partial charge in [0.25, 0.3) is 5.91 Å². The van der Waals surface area contributed by atoms with Gasteiger partial charge in [-0.3, -0.25) is 14.4 Å². The van der Waals surface area contributed by atoms with Gasteiger partial charge in [-0.25, -0.2) is 0 Å². The minimum absolute atomic E-state index is 0.107. The van der Waals surface area contributed by atoms with Crippen molar-refractivity contribution in [1.82, 2.24) is 10.2 Å². The highest BCUT2D eigenvalue weighted by Crippen LogP contribution is 2.62. The van der Waals surface area contributed by atoms with Crippen LogP contribution in [0.15, 0.2) is 0 Å². The lowest BCUT2D eigenvalue weighted by atomic mass is 9.47. The SMILES string of the molecule is CN(C)C(=O)CNC(=O)COC(=O)CC12C[C@@H]3C[C@@H](CC(O)(C3)C1)C2. The van der Waals surface area contributed by atoms with Crippen LogP contribution in [0.4, 0.5) is 0 Å². The van der Waals surface area contributed by atoms with E-state index in [-0.39, 0.29) is 36.9 Å². The lowest BCUT2D eigenvalue weighted by Crippen LogP contribution is -2.56. The van der Waals surface area contributed by atoms with Crippen molar-refractivity contribution in [2.75, 3.05) is 27.2 Å². The molecular formula is C18H28N2O5. The maximum Gasteiger partial charge on any atom is 0.306 e. The van der Waals surface area contributed by atoms with Crippen LogP contribution < -0.4 is 5.32 Å². The van der Waals surface area contributed by atoms with Crippen molar-refractivity contribution in [3.63, 3.8) is 0 Å². The van der Waals surface area contributed by atoms with Gasteiger partial charge in [0, 0.05) is 14.1 Å². The fraction of sp³-hybridized carbons (Fsp3) is 0.833. The minimum Gasteiger partial charge on any atom is -0.456 e. The molecule has 2 amide bonds. The number of hydrogen-bond acceptors (Lipinski definition) is 5. The van der Waals surface area contributed by atoms with Gasteiger partial charge in [0.15, 0.2) is 6.61 Å². The Labute approximate surface area is 148 Å². The molecule has 4 saturated carbocycles. The molecule has 4 atom stereocenters. The second kappa shape index (κ2) is 6.59. The Bertz CT molecular complexity index is 560. The van der Waals surface area contributed by atoms with Crippen LogP contribution in [0.25, 0.3) is 0 Å². The van der Waals surface area contributed by atoms with Crippen molar-refractivity contribution in [3.8, 4) is 0 Å². The first kappa shape index (κ1) is 18.2. The van der Waals surface area contributed by atoms with E-state index in [1.807, 2.05) is 0 Å². The number of carbonyl (C=O) groups excluding carboxylic acids is 3. The van der Waals surface area contributed by atoms with Crippen LogP contribution in [-0.4, -0.2) is 60.6 Å². The molecule has 7 nitrogen and oxygen atoms in total. The number of carbonyl (C=O) groups is 3. The summed E-state index contributed by atoms with van der Waals surface area (Å²) in [4.78, 5) is 36.7. The number of esters is 1. The van der Waals surface area contributed by atoms with E-state index in [0.717, 1.165) is 25.7 Å². The lowest BCUT2D eigenvalue weighted by Gasteiger charge is -2.60. The van der Waals surface area contributed by atoms with E-state index in [9.17, 15) is 19.5 Å². The quantitative estimate of drug-likeness (QED) is 0.677. The van der Waals surface area contributed by atoms with Gasteiger partial charge in [-0.15, -0.1) is 0 Å². The highest BCUT2D eigenvalue weighted by molar-refractivity contribution is 5.86. The first-order valence-electron chi connectivity index (χ1n) is 9.04. The van der Waals surface area contributed by atoms with Gasteiger partial charge in [0.1, 0.15) is 0 Å². The van der Waals surface area contributed by atoms with E-state index in [0.29, 0.717) is 18.3 Å². The monoisotopic (exact) mass is 352 g/mol. The van der Waals surface area contributed by atoms with Gasteiger partial charge in [0.2, 0.25) is 5.91 Å². The van der Waals surface area contributed by atoms with Crippen LogP contribution >= 0.6 is 0 Å². The number of ether oxygens (including phenoxy) is 1. The average molecular weight is 352 g/mol. The van der Waals surface area contributed by atoms with Gasteiger partial charge >= 0.3 is 5.97 Å². The van der Waals surface area contributed by atoms with E-state index in [1.165, 1.54) is 11.3 Å². The number of hydrogen-bond donors (Lipinski definition) is 2. The number of likely N-dealkylation sites (N-methyl/N-ethyl adjacent to an activating group) is 1. The topological polar surface area (TPSA) is 95.9 Å². The Morgan fingerprint density at radius 2 is 1.80 bits per heavy atom. The Morgan fingerprint density at radius 3 is 2.36 bits per heavy atom. The molecule has 0 radical (unpaired) electrons. The molecule has 0 aliphatic heterocycles. The molecule has 4 fully saturated rings. The molecule has 4 bridgehead atoms.